The summed E-state index contributed by atoms with van der Waals surface area (Å²) in [6.07, 6.45) is 30.2. The van der Waals surface area contributed by atoms with E-state index in [1.165, 1.54) is 109 Å². The first kappa shape index (κ1) is 26.3. The molecule has 0 saturated heterocycles. The van der Waals surface area contributed by atoms with Gasteiger partial charge in [-0.3, -0.25) is 0 Å². The molecule has 35 heavy (non-hydrogen) atoms. The van der Waals surface area contributed by atoms with Crippen LogP contribution in [0.15, 0.2) is 12.2 Å². The molecule has 0 radical (unpaired) electrons. The van der Waals surface area contributed by atoms with Gasteiger partial charge in [-0.25, -0.2) is 0 Å². The van der Waals surface area contributed by atoms with Crippen molar-refractivity contribution in [3.8, 4) is 0 Å². The number of rotatable bonds is 12. The first-order valence-electron chi connectivity index (χ1n) is 16.1. The van der Waals surface area contributed by atoms with Gasteiger partial charge in [-0.2, -0.15) is 0 Å². The van der Waals surface area contributed by atoms with Gasteiger partial charge in [0.25, 0.3) is 0 Å². The SMILES string of the molecule is CCCCCCCCCC/C=C\[C@@H](C)[C@H]1CC[C@H]2[C@@H]3C[C@@H](OC)[C@]45C[C@H]4CC[C@]5(C)[C@H]3CC[C@]12C. The Morgan fingerprint density at radius 3 is 2.34 bits per heavy atom. The molecule has 0 unspecified atom stereocenters. The van der Waals surface area contributed by atoms with E-state index in [9.17, 15) is 0 Å². The lowest BCUT2D eigenvalue weighted by molar-refractivity contribution is -0.160. The summed E-state index contributed by atoms with van der Waals surface area (Å²) in [4.78, 5) is 0. The molecule has 5 fully saturated rings. The first-order valence-corrected chi connectivity index (χ1v) is 16.1. The Bertz CT molecular complexity index is 741. The largest absolute Gasteiger partial charge is 0.381 e. The molecule has 0 aromatic carbocycles. The van der Waals surface area contributed by atoms with E-state index in [-0.39, 0.29) is 0 Å². The van der Waals surface area contributed by atoms with Crippen LogP contribution in [0.4, 0.5) is 0 Å². The van der Waals surface area contributed by atoms with E-state index in [0.29, 0.717) is 22.3 Å². The fourth-order valence-electron chi connectivity index (χ4n) is 11.3. The molecule has 0 heterocycles. The highest BCUT2D eigenvalue weighted by molar-refractivity contribution is 5.26. The number of allylic oxidation sites excluding steroid dienone is 2. The van der Waals surface area contributed by atoms with Crippen LogP contribution < -0.4 is 0 Å². The third kappa shape index (κ3) is 4.30. The molecule has 0 aromatic rings. The molecule has 5 aliphatic rings. The van der Waals surface area contributed by atoms with E-state index in [1.54, 1.807) is 0 Å². The van der Waals surface area contributed by atoms with Gasteiger partial charge in [-0.05, 0) is 111 Å². The van der Waals surface area contributed by atoms with Crippen LogP contribution in [-0.4, -0.2) is 13.2 Å². The number of methoxy groups -OCH3 is 1. The maximum atomic E-state index is 6.33. The summed E-state index contributed by atoms with van der Waals surface area (Å²) in [5.41, 5.74) is 1.70. The number of unbranched alkanes of at least 4 members (excludes halogenated alkanes) is 8. The summed E-state index contributed by atoms with van der Waals surface area (Å²) in [7, 11) is 2.03. The third-order valence-corrected chi connectivity index (χ3v) is 13.2. The minimum atomic E-state index is 0.548. The van der Waals surface area contributed by atoms with Gasteiger partial charge in [0.1, 0.15) is 0 Å². The standard InChI is InChI=1S/C34H58O/c1-6-7-8-9-10-11-12-13-14-15-16-25(2)28-17-18-29-27-23-31(35-5)34-24-26(34)19-22-33(34,4)30(27)20-21-32(28,29)3/h15-16,25-31H,6-14,17-24H2,1-5H3/b16-15-/t25-,26-,27+,28-,29+,30+,31-,32-,33-,34+/m1/s1. The summed E-state index contributed by atoms with van der Waals surface area (Å²) in [6.45, 7) is 10.3. The van der Waals surface area contributed by atoms with Gasteiger partial charge >= 0.3 is 0 Å². The second kappa shape index (κ2) is 10.5. The van der Waals surface area contributed by atoms with Crippen molar-refractivity contribution >= 4 is 0 Å². The molecular formula is C34H58O. The van der Waals surface area contributed by atoms with Crippen molar-refractivity contribution in [1.29, 1.82) is 0 Å². The van der Waals surface area contributed by atoms with E-state index in [2.05, 4.69) is 39.8 Å². The molecule has 1 nitrogen and oxygen atoms in total. The Kier molecular flexibility index (Phi) is 7.86. The lowest BCUT2D eigenvalue weighted by Gasteiger charge is -2.61. The average Bonchev–Trinajstić information content (AvgIpc) is 3.36. The first-order chi connectivity index (χ1) is 16.9. The van der Waals surface area contributed by atoms with Crippen LogP contribution in [0.1, 0.15) is 137 Å². The molecule has 5 rings (SSSR count). The van der Waals surface area contributed by atoms with Crippen LogP contribution in [0.3, 0.4) is 0 Å². The van der Waals surface area contributed by atoms with Crippen molar-refractivity contribution in [3.63, 3.8) is 0 Å². The fraction of sp³-hybridized carbons (Fsp3) is 0.941. The van der Waals surface area contributed by atoms with Gasteiger partial charge in [0, 0.05) is 12.5 Å². The van der Waals surface area contributed by atoms with Gasteiger partial charge in [0.2, 0.25) is 0 Å². The van der Waals surface area contributed by atoms with Gasteiger partial charge in [-0.15, -0.1) is 0 Å². The summed E-state index contributed by atoms with van der Waals surface area (Å²) >= 11 is 0. The van der Waals surface area contributed by atoms with Gasteiger partial charge in [0.15, 0.2) is 0 Å². The average molecular weight is 483 g/mol. The zero-order valence-corrected chi connectivity index (χ0v) is 24.1. The second-order valence-electron chi connectivity index (χ2n) is 14.5. The smallest absolute Gasteiger partial charge is 0.0638 e. The molecule has 5 saturated carbocycles. The van der Waals surface area contributed by atoms with Gasteiger partial charge < -0.3 is 4.74 Å². The zero-order valence-electron chi connectivity index (χ0n) is 24.1. The zero-order chi connectivity index (χ0) is 24.7. The highest BCUT2D eigenvalue weighted by Gasteiger charge is 2.77. The van der Waals surface area contributed by atoms with E-state index in [4.69, 9.17) is 4.74 Å². The molecule has 0 aliphatic heterocycles. The van der Waals surface area contributed by atoms with Crippen molar-refractivity contribution in [2.75, 3.05) is 7.11 Å². The van der Waals surface area contributed by atoms with Gasteiger partial charge in [0.05, 0.1) is 6.10 Å². The molecule has 1 heteroatoms. The van der Waals surface area contributed by atoms with Crippen molar-refractivity contribution in [1.82, 2.24) is 0 Å². The summed E-state index contributed by atoms with van der Waals surface area (Å²) in [5, 5.41) is 0. The minimum absolute atomic E-state index is 0.548. The van der Waals surface area contributed by atoms with Crippen LogP contribution in [0.25, 0.3) is 0 Å². The van der Waals surface area contributed by atoms with Crippen LogP contribution in [0, 0.1) is 51.8 Å². The Hall–Kier alpha value is -0.300. The predicted molar refractivity (Wildman–Crippen MR) is 149 cm³/mol. The van der Waals surface area contributed by atoms with Crippen molar-refractivity contribution < 1.29 is 4.74 Å². The molecule has 0 N–H and O–H groups in total. The highest BCUT2D eigenvalue weighted by Crippen LogP contribution is 2.82. The molecule has 0 aromatic heterocycles. The summed E-state index contributed by atoms with van der Waals surface area (Å²) in [6, 6.07) is 0. The van der Waals surface area contributed by atoms with Crippen LogP contribution in [-0.2, 0) is 4.74 Å². The summed E-state index contributed by atoms with van der Waals surface area (Å²) < 4.78 is 6.33. The number of ether oxygens (including phenoxy) is 1. The number of hydrogen-bond donors (Lipinski definition) is 0. The van der Waals surface area contributed by atoms with E-state index < -0.39 is 0 Å². The lowest BCUT2D eigenvalue weighted by atomic mass is 9.45. The van der Waals surface area contributed by atoms with E-state index in [1.807, 2.05) is 7.11 Å². The molecule has 0 amide bonds. The Morgan fingerprint density at radius 1 is 0.886 bits per heavy atom. The maximum absolute atomic E-state index is 6.33. The number of fused-ring (bicyclic) bond motifs is 4. The minimum Gasteiger partial charge on any atom is -0.381 e. The van der Waals surface area contributed by atoms with E-state index >= 15 is 0 Å². The van der Waals surface area contributed by atoms with Crippen molar-refractivity contribution in [3.05, 3.63) is 12.2 Å². The molecule has 10 atom stereocenters. The number of hydrogen-bond acceptors (Lipinski definition) is 1. The fourth-order valence-corrected chi connectivity index (χ4v) is 11.3. The Balaban J connectivity index is 1.15. The molecular weight excluding hydrogens is 424 g/mol. The topological polar surface area (TPSA) is 9.23 Å². The van der Waals surface area contributed by atoms with Crippen LogP contribution in [0.2, 0.25) is 0 Å². The highest BCUT2D eigenvalue weighted by atomic mass is 16.5. The quantitative estimate of drug-likeness (QED) is 0.198. The van der Waals surface area contributed by atoms with E-state index in [0.717, 1.165) is 35.5 Å². The Morgan fingerprint density at radius 2 is 1.63 bits per heavy atom. The monoisotopic (exact) mass is 482 g/mol. The Labute approximate surface area is 218 Å². The second-order valence-corrected chi connectivity index (χ2v) is 14.5. The molecule has 200 valence electrons. The van der Waals surface area contributed by atoms with Crippen LogP contribution in [0.5, 0.6) is 0 Å². The van der Waals surface area contributed by atoms with Crippen LogP contribution >= 0.6 is 0 Å². The molecule has 0 bridgehead atoms. The van der Waals surface area contributed by atoms with Crippen molar-refractivity contribution in [2.45, 2.75) is 143 Å². The normalized spacial score (nSPS) is 46.8. The summed E-state index contributed by atoms with van der Waals surface area (Å²) in [5.74, 6) is 5.48. The van der Waals surface area contributed by atoms with Gasteiger partial charge in [-0.1, -0.05) is 84.8 Å². The predicted octanol–water partition coefficient (Wildman–Crippen LogP) is 9.99. The van der Waals surface area contributed by atoms with Crippen molar-refractivity contribution in [2.24, 2.45) is 51.8 Å². The third-order valence-electron chi connectivity index (χ3n) is 13.2. The molecule has 5 aliphatic carbocycles. The maximum Gasteiger partial charge on any atom is 0.0638 e. The molecule has 1 spiro atoms. The lowest BCUT2D eigenvalue weighted by Crippen LogP contribution is -2.57.